The van der Waals surface area contributed by atoms with Gasteiger partial charge >= 0.3 is 0 Å². The summed E-state index contributed by atoms with van der Waals surface area (Å²) >= 11 is 12.3. The minimum Gasteiger partial charge on any atom is -0.352 e. The molecule has 0 saturated carbocycles. The molecule has 0 fully saturated rings. The first-order valence-corrected chi connectivity index (χ1v) is 14.9. The number of carbonyl (C=O) groups excluding carboxylic acids is 2. The third kappa shape index (κ3) is 7.97. The summed E-state index contributed by atoms with van der Waals surface area (Å²) < 4.78 is 28.6. The Hall–Kier alpha value is -3.07. The molecular formula is C29H33Cl2N3O4S. The van der Waals surface area contributed by atoms with Gasteiger partial charge in [0.15, 0.2) is 0 Å². The molecule has 0 bridgehead atoms. The Morgan fingerprint density at radius 3 is 2.13 bits per heavy atom. The zero-order valence-electron chi connectivity index (χ0n) is 22.2. The number of carbonyl (C=O) groups is 2. The van der Waals surface area contributed by atoms with Gasteiger partial charge in [-0.1, -0.05) is 73.4 Å². The molecule has 0 spiro atoms. The molecule has 0 aliphatic rings. The van der Waals surface area contributed by atoms with Gasteiger partial charge in [-0.05, 0) is 67.8 Å². The molecule has 208 valence electrons. The summed E-state index contributed by atoms with van der Waals surface area (Å²) in [7, 11) is -4.14. The van der Waals surface area contributed by atoms with Crippen LogP contribution in [-0.2, 0) is 26.2 Å². The molecular weight excluding hydrogens is 557 g/mol. The van der Waals surface area contributed by atoms with Crippen molar-refractivity contribution in [2.24, 2.45) is 0 Å². The number of anilines is 1. The topological polar surface area (TPSA) is 86.8 Å². The molecule has 7 nitrogen and oxygen atoms in total. The molecule has 39 heavy (non-hydrogen) atoms. The van der Waals surface area contributed by atoms with Crippen molar-refractivity contribution in [2.75, 3.05) is 10.8 Å². The molecule has 2 amide bonds. The van der Waals surface area contributed by atoms with Crippen LogP contribution in [0.3, 0.4) is 0 Å². The standard InChI is InChI=1S/C29H33Cl2N3O4S/c1-4-21(3)32-29(36)27(5-2)33(19-22-14-16-23(30)17-15-22)28(35)20-34(25-11-9-10-24(31)18-25)39(37,38)26-12-7-6-8-13-26/h6-18,21,27H,4-5,19-20H2,1-3H3,(H,32,36). The van der Waals surface area contributed by atoms with Crippen molar-refractivity contribution in [1.29, 1.82) is 0 Å². The third-order valence-corrected chi connectivity index (χ3v) is 8.63. The van der Waals surface area contributed by atoms with E-state index < -0.39 is 28.5 Å². The van der Waals surface area contributed by atoms with Gasteiger partial charge < -0.3 is 10.2 Å². The van der Waals surface area contributed by atoms with Crippen LogP contribution in [0.25, 0.3) is 0 Å². The zero-order valence-corrected chi connectivity index (χ0v) is 24.5. The Kier molecular flexibility index (Phi) is 10.8. The average Bonchev–Trinajstić information content (AvgIpc) is 2.92. The lowest BCUT2D eigenvalue weighted by Gasteiger charge is -2.33. The summed E-state index contributed by atoms with van der Waals surface area (Å²) in [5, 5.41) is 3.82. The second kappa shape index (κ2) is 13.8. The predicted octanol–water partition coefficient (Wildman–Crippen LogP) is 5.91. The van der Waals surface area contributed by atoms with E-state index in [2.05, 4.69) is 5.32 Å². The second-order valence-electron chi connectivity index (χ2n) is 9.19. The molecule has 3 rings (SSSR count). The lowest BCUT2D eigenvalue weighted by molar-refractivity contribution is -0.140. The zero-order chi connectivity index (χ0) is 28.6. The SMILES string of the molecule is CCC(C)NC(=O)C(CC)N(Cc1ccc(Cl)cc1)C(=O)CN(c1cccc(Cl)c1)S(=O)(=O)c1ccccc1. The summed E-state index contributed by atoms with van der Waals surface area (Å²) in [5.74, 6) is -0.829. The van der Waals surface area contributed by atoms with Crippen molar-refractivity contribution < 1.29 is 18.0 Å². The fourth-order valence-corrected chi connectivity index (χ4v) is 5.76. The van der Waals surface area contributed by atoms with Gasteiger partial charge in [0.25, 0.3) is 10.0 Å². The molecule has 0 heterocycles. The van der Waals surface area contributed by atoms with Crippen molar-refractivity contribution in [1.82, 2.24) is 10.2 Å². The van der Waals surface area contributed by atoms with Gasteiger partial charge in [-0.2, -0.15) is 0 Å². The van der Waals surface area contributed by atoms with E-state index >= 15 is 0 Å². The lowest BCUT2D eigenvalue weighted by atomic mass is 10.1. The van der Waals surface area contributed by atoms with Crippen molar-refractivity contribution in [3.8, 4) is 0 Å². The molecule has 0 aliphatic carbocycles. The summed E-state index contributed by atoms with van der Waals surface area (Å²) in [6.45, 7) is 5.23. The Labute approximate surface area is 240 Å². The molecule has 3 aromatic carbocycles. The van der Waals surface area contributed by atoms with Gasteiger partial charge in [-0.3, -0.25) is 13.9 Å². The maximum atomic E-state index is 14.0. The van der Waals surface area contributed by atoms with Crippen LogP contribution in [0.2, 0.25) is 10.0 Å². The van der Waals surface area contributed by atoms with Gasteiger partial charge in [0.05, 0.1) is 10.6 Å². The van der Waals surface area contributed by atoms with E-state index in [1.165, 1.54) is 23.1 Å². The number of benzene rings is 3. The van der Waals surface area contributed by atoms with Crippen molar-refractivity contribution in [3.05, 3.63) is 94.5 Å². The maximum Gasteiger partial charge on any atom is 0.264 e. The summed E-state index contributed by atoms with van der Waals surface area (Å²) in [6, 6.07) is 20.3. The fraction of sp³-hybridized carbons (Fsp3) is 0.310. The van der Waals surface area contributed by atoms with Gasteiger partial charge in [0.1, 0.15) is 12.6 Å². The van der Waals surface area contributed by atoms with Crippen LogP contribution >= 0.6 is 23.2 Å². The molecule has 0 aromatic heterocycles. The van der Waals surface area contributed by atoms with E-state index in [-0.39, 0.29) is 29.1 Å². The summed E-state index contributed by atoms with van der Waals surface area (Å²) in [6.07, 6.45) is 1.06. The van der Waals surface area contributed by atoms with Crippen molar-refractivity contribution in [3.63, 3.8) is 0 Å². The van der Waals surface area contributed by atoms with Crippen LogP contribution in [0.5, 0.6) is 0 Å². The first-order chi connectivity index (χ1) is 18.6. The number of amides is 2. The van der Waals surface area contributed by atoms with Crippen molar-refractivity contribution >= 4 is 50.7 Å². The van der Waals surface area contributed by atoms with Crippen LogP contribution < -0.4 is 9.62 Å². The van der Waals surface area contributed by atoms with Crippen LogP contribution in [0, 0.1) is 0 Å². The minimum atomic E-state index is -4.14. The molecule has 0 aliphatic heterocycles. The molecule has 3 aromatic rings. The summed E-state index contributed by atoms with van der Waals surface area (Å²) in [5.41, 5.74) is 0.992. The lowest BCUT2D eigenvalue weighted by Crippen LogP contribution is -2.53. The highest BCUT2D eigenvalue weighted by atomic mass is 35.5. The Morgan fingerprint density at radius 2 is 1.54 bits per heavy atom. The first kappa shape index (κ1) is 30.5. The molecule has 0 radical (unpaired) electrons. The molecule has 1 N–H and O–H groups in total. The maximum absolute atomic E-state index is 14.0. The number of rotatable bonds is 12. The van der Waals surface area contributed by atoms with Crippen LogP contribution in [0.15, 0.2) is 83.8 Å². The second-order valence-corrected chi connectivity index (χ2v) is 11.9. The normalized spacial score (nSPS) is 12.8. The smallest absolute Gasteiger partial charge is 0.264 e. The van der Waals surface area contributed by atoms with Gasteiger partial charge in [-0.25, -0.2) is 8.42 Å². The number of hydrogen-bond donors (Lipinski definition) is 1. The molecule has 0 saturated heterocycles. The Balaban J connectivity index is 2.04. The Morgan fingerprint density at radius 1 is 0.872 bits per heavy atom. The van der Waals surface area contributed by atoms with Crippen LogP contribution in [0.1, 0.15) is 39.2 Å². The summed E-state index contributed by atoms with van der Waals surface area (Å²) in [4.78, 5) is 28.7. The van der Waals surface area contributed by atoms with E-state index in [1.807, 2.05) is 20.8 Å². The number of hydrogen-bond acceptors (Lipinski definition) is 4. The average molecular weight is 591 g/mol. The van der Waals surface area contributed by atoms with E-state index in [9.17, 15) is 18.0 Å². The van der Waals surface area contributed by atoms with Crippen LogP contribution in [-0.4, -0.2) is 43.8 Å². The Bertz CT molecular complexity index is 1370. The van der Waals surface area contributed by atoms with Gasteiger partial charge in [0.2, 0.25) is 11.8 Å². The monoisotopic (exact) mass is 589 g/mol. The van der Waals surface area contributed by atoms with Gasteiger partial charge in [-0.15, -0.1) is 0 Å². The number of sulfonamides is 1. The van der Waals surface area contributed by atoms with E-state index in [0.29, 0.717) is 16.5 Å². The molecule has 2 unspecified atom stereocenters. The highest BCUT2D eigenvalue weighted by Crippen LogP contribution is 2.27. The van der Waals surface area contributed by atoms with Crippen LogP contribution in [0.4, 0.5) is 5.69 Å². The molecule has 10 heteroatoms. The van der Waals surface area contributed by atoms with E-state index in [0.717, 1.165) is 16.3 Å². The highest BCUT2D eigenvalue weighted by molar-refractivity contribution is 7.92. The quantitative estimate of drug-likeness (QED) is 0.284. The van der Waals surface area contributed by atoms with E-state index in [4.69, 9.17) is 23.2 Å². The fourth-order valence-electron chi connectivity index (χ4n) is 4.03. The first-order valence-electron chi connectivity index (χ1n) is 12.7. The number of halogens is 2. The largest absolute Gasteiger partial charge is 0.352 e. The van der Waals surface area contributed by atoms with E-state index in [1.54, 1.807) is 60.7 Å². The predicted molar refractivity (Wildman–Crippen MR) is 156 cm³/mol. The number of nitrogens with one attached hydrogen (secondary N) is 1. The third-order valence-electron chi connectivity index (χ3n) is 6.36. The minimum absolute atomic E-state index is 0.0311. The van der Waals surface area contributed by atoms with Gasteiger partial charge in [0, 0.05) is 22.6 Å². The molecule has 2 atom stereocenters. The number of nitrogens with zero attached hydrogens (tertiary/aromatic N) is 2. The highest BCUT2D eigenvalue weighted by Gasteiger charge is 2.34. The van der Waals surface area contributed by atoms with Crippen molar-refractivity contribution in [2.45, 2.75) is 57.1 Å².